The molecule has 0 aliphatic heterocycles. The van der Waals surface area contributed by atoms with Crippen molar-refractivity contribution in [2.45, 2.75) is 40.2 Å². The molecular formula is C18H22N4. The van der Waals surface area contributed by atoms with E-state index in [0.717, 1.165) is 43.3 Å². The maximum Gasteiger partial charge on any atom is 0.132 e. The molecule has 2 rings (SSSR count). The maximum absolute atomic E-state index is 8.88. The number of aryl methyl sites for hydroxylation is 2. The summed E-state index contributed by atoms with van der Waals surface area (Å²) in [6.45, 7) is 7.95. The fourth-order valence-electron chi connectivity index (χ4n) is 2.40. The van der Waals surface area contributed by atoms with Crippen LogP contribution >= 0.6 is 0 Å². The molecule has 0 radical (unpaired) electrons. The fraction of sp³-hybridized carbons (Fsp3) is 0.389. The van der Waals surface area contributed by atoms with Crippen molar-refractivity contribution >= 4 is 5.82 Å². The molecule has 4 nitrogen and oxygen atoms in total. The number of hydrogen-bond acceptors (Lipinski definition) is 4. The molecule has 0 aliphatic rings. The first-order chi connectivity index (χ1) is 10.7. The Morgan fingerprint density at radius 2 is 1.86 bits per heavy atom. The highest BCUT2D eigenvalue weighted by Crippen LogP contribution is 2.17. The van der Waals surface area contributed by atoms with E-state index < -0.39 is 0 Å². The van der Waals surface area contributed by atoms with Gasteiger partial charge in [-0.2, -0.15) is 5.26 Å². The number of nitriles is 1. The lowest BCUT2D eigenvalue weighted by atomic mass is 10.1. The second-order valence-corrected chi connectivity index (χ2v) is 5.35. The number of hydrogen-bond donors (Lipinski definition) is 0. The third kappa shape index (κ3) is 4.05. The van der Waals surface area contributed by atoms with E-state index in [0.29, 0.717) is 5.56 Å². The molecule has 1 aromatic heterocycles. The molecule has 0 saturated heterocycles. The van der Waals surface area contributed by atoms with Gasteiger partial charge in [-0.1, -0.05) is 26.0 Å². The van der Waals surface area contributed by atoms with Crippen LogP contribution in [-0.4, -0.2) is 16.5 Å². The van der Waals surface area contributed by atoms with Crippen molar-refractivity contribution in [1.82, 2.24) is 9.97 Å². The molecular weight excluding hydrogens is 272 g/mol. The molecule has 0 N–H and O–H groups in total. The molecule has 0 saturated carbocycles. The monoisotopic (exact) mass is 294 g/mol. The largest absolute Gasteiger partial charge is 0.352 e. The molecule has 114 valence electrons. The number of aromatic nitrogens is 2. The van der Waals surface area contributed by atoms with E-state index in [-0.39, 0.29) is 0 Å². The van der Waals surface area contributed by atoms with Crippen molar-refractivity contribution < 1.29 is 0 Å². The lowest BCUT2D eigenvalue weighted by molar-refractivity contribution is 0.746. The summed E-state index contributed by atoms with van der Waals surface area (Å²) < 4.78 is 0. The molecule has 0 fully saturated rings. The molecule has 22 heavy (non-hydrogen) atoms. The number of benzene rings is 1. The van der Waals surface area contributed by atoms with Crippen LogP contribution in [0.1, 0.15) is 42.9 Å². The topological polar surface area (TPSA) is 52.8 Å². The zero-order valence-electron chi connectivity index (χ0n) is 13.5. The molecule has 0 spiro atoms. The molecule has 0 aliphatic carbocycles. The van der Waals surface area contributed by atoms with Gasteiger partial charge < -0.3 is 4.90 Å². The molecule has 1 heterocycles. The molecule has 4 heteroatoms. The van der Waals surface area contributed by atoms with Crippen LogP contribution < -0.4 is 4.90 Å². The van der Waals surface area contributed by atoms with Gasteiger partial charge in [-0.15, -0.1) is 0 Å². The summed E-state index contributed by atoms with van der Waals surface area (Å²) in [6, 6.07) is 12.0. The Kier molecular flexibility index (Phi) is 5.48. The van der Waals surface area contributed by atoms with Crippen LogP contribution in [0.25, 0.3) is 0 Å². The van der Waals surface area contributed by atoms with Gasteiger partial charge in [0.25, 0.3) is 0 Å². The summed E-state index contributed by atoms with van der Waals surface area (Å²) in [6.07, 6.45) is 1.97. The van der Waals surface area contributed by atoms with Gasteiger partial charge in [-0.3, -0.25) is 0 Å². The third-order valence-corrected chi connectivity index (χ3v) is 3.51. The van der Waals surface area contributed by atoms with Gasteiger partial charge in [0.15, 0.2) is 0 Å². The fourth-order valence-corrected chi connectivity index (χ4v) is 2.40. The Bertz CT molecular complexity index is 656. The van der Waals surface area contributed by atoms with Crippen LogP contribution in [0.4, 0.5) is 5.82 Å². The number of nitrogens with zero attached hydrogens (tertiary/aromatic N) is 4. The van der Waals surface area contributed by atoms with Crippen LogP contribution in [-0.2, 0) is 13.0 Å². The minimum Gasteiger partial charge on any atom is -0.352 e. The standard InChI is InChI=1S/C18H22N4/c1-4-10-22(13-16-8-6-15(12-19)7-9-16)18-11-17(5-2)20-14(3)21-18/h6-9,11H,4-5,10,13H2,1-3H3. The van der Waals surface area contributed by atoms with Crippen molar-refractivity contribution in [2.75, 3.05) is 11.4 Å². The first-order valence-corrected chi connectivity index (χ1v) is 7.74. The van der Waals surface area contributed by atoms with E-state index in [1.165, 1.54) is 5.56 Å². The van der Waals surface area contributed by atoms with Gasteiger partial charge in [-0.05, 0) is 37.5 Å². The normalized spacial score (nSPS) is 10.3. The first-order valence-electron chi connectivity index (χ1n) is 7.74. The van der Waals surface area contributed by atoms with Gasteiger partial charge in [0.2, 0.25) is 0 Å². The SMILES string of the molecule is CCCN(Cc1ccc(C#N)cc1)c1cc(CC)nc(C)n1. The Balaban J connectivity index is 2.25. The maximum atomic E-state index is 8.88. The molecule has 0 bridgehead atoms. The quantitative estimate of drug-likeness (QED) is 0.816. The van der Waals surface area contributed by atoms with E-state index in [9.17, 15) is 0 Å². The Hall–Kier alpha value is -2.41. The Morgan fingerprint density at radius 1 is 1.14 bits per heavy atom. The summed E-state index contributed by atoms with van der Waals surface area (Å²) in [5.41, 5.74) is 2.95. The minimum absolute atomic E-state index is 0.692. The van der Waals surface area contributed by atoms with Gasteiger partial charge in [0.1, 0.15) is 11.6 Å². The zero-order chi connectivity index (χ0) is 15.9. The summed E-state index contributed by atoms with van der Waals surface area (Å²) in [7, 11) is 0. The van der Waals surface area contributed by atoms with Crippen LogP contribution in [0.15, 0.2) is 30.3 Å². The van der Waals surface area contributed by atoms with Crippen LogP contribution in [0.5, 0.6) is 0 Å². The second kappa shape index (κ2) is 7.56. The summed E-state index contributed by atoms with van der Waals surface area (Å²) in [5, 5.41) is 8.88. The summed E-state index contributed by atoms with van der Waals surface area (Å²) in [5.74, 6) is 1.80. The lowest BCUT2D eigenvalue weighted by Crippen LogP contribution is -2.25. The van der Waals surface area contributed by atoms with Gasteiger partial charge >= 0.3 is 0 Å². The molecule has 2 aromatic rings. The van der Waals surface area contributed by atoms with Gasteiger partial charge in [0.05, 0.1) is 11.6 Å². The number of rotatable bonds is 6. The lowest BCUT2D eigenvalue weighted by Gasteiger charge is -2.24. The highest BCUT2D eigenvalue weighted by molar-refractivity contribution is 5.42. The van der Waals surface area contributed by atoms with Gasteiger partial charge in [-0.25, -0.2) is 9.97 Å². The molecule has 1 aromatic carbocycles. The molecule has 0 amide bonds. The van der Waals surface area contributed by atoms with Crippen LogP contribution in [0, 0.1) is 18.3 Å². The van der Waals surface area contributed by atoms with Crippen molar-refractivity contribution in [2.24, 2.45) is 0 Å². The summed E-state index contributed by atoms with van der Waals surface area (Å²) >= 11 is 0. The van der Waals surface area contributed by atoms with E-state index in [1.807, 2.05) is 31.2 Å². The molecule has 0 atom stereocenters. The Labute approximate surface area is 132 Å². The van der Waals surface area contributed by atoms with Gasteiger partial charge in [0, 0.05) is 24.8 Å². The molecule has 0 unspecified atom stereocenters. The van der Waals surface area contributed by atoms with E-state index in [1.54, 1.807) is 0 Å². The predicted octanol–water partition coefficient (Wildman–Crippen LogP) is 3.64. The zero-order valence-corrected chi connectivity index (χ0v) is 13.5. The van der Waals surface area contributed by atoms with Crippen LogP contribution in [0.2, 0.25) is 0 Å². The van der Waals surface area contributed by atoms with E-state index in [4.69, 9.17) is 5.26 Å². The number of anilines is 1. The smallest absolute Gasteiger partial charge is 0.132 e. The van der Waals surface area contributed by atoms with E-state index in [2.05, 4.69) is 40.9 Å². The third-order valence-electron chi connectivity index (χ3n) is 3.51. The highest BCUT2D eigenvalue weighted by atomic mass is 15.2. The Morgan fingerprint density at radius 3 is 2.45 bits per heavy atom. The predicted molar refractivity (Wildman–Crippen MR) is 88.6 cm³/mol. The summed E-state index contributed by atoms with van der Waals surface area (Å²) in [4.78, 5) is 11.3. The minimum atomic E-state index is 0.692. The van der Waals surface area contributed by atoms with Crippen molar-refractivity contribution in [1.29, 1.82) is 5.26 Å². The average molecular weight is 294 g/mol. The van der Waals surface area contributed by atoms with Crippen LogP contribution in [0.3, 0.4) is 0 Å². The second-order valence-electron chi connectivity index (χ2n) is 5.35. The highest BCUT2D eigenvalue weighted by Gasteiger charge is 2.10. The van der Waals surface area contributed by atoms with Crippen molar-refractivity contribution in [3.8, 4) is 6.07 Å². The average Bonchev–Trinajstić information content (AvgIpc) is 2.54. The van der Waals surface area contributed by atoms with Crippen molar-refractivity contribution in [3.05, 3.63) is 53.0 Å². The first kappa shape index (κ1) is 16.0. The van der Waals surface area contributed by atoms with E-state index >= 15 is 0 Å². The van der Waals surface area contributed by atoms with Crippen molar-refractivity contribution in [3.63, 3.8) is 0 Å².